The Morgan fingerprint density at radius 1 is 0.877 bits per heavy atom. The maximum atomic E-state index is 14.1. The Bertz CT molecular complexity index is 1570. The van der Waals surface area contributed by atoms with Gasteiger partial charge in [-0.2, -0.15) is 0 Å². The Morgan fingerprint density at radius 2 is 1.51 bits per heavy atom. The first-order valence-corrected chi connectivity index (χ1v) is 28.9. The molecule has 0 amide bonds. The second kappa shape index (κ2) is 19.7. The molecule has 0 saturated carbocycles. The number of aliphatic hydroxyl groups is 1. The second-order valence-corrected chi connectivity index (χ2v) is 31.8. The Labute approximate surface area is 348 Å². The standard InChI is InChI=1S/C45H78O9SSi2/c1-31-25-35(22-23-39-32(2)26-34(51-39)19-18-24-46)52-40(33(31)3)28-41-38(30-55(47,48)37-20-16-15-17-21-37)43(49-10)42(53-41)27-36(54-57(13,14)45(7,8)9)29-50-56(11,12)44(4,5)6/h15-17,20-21,31,34-36,38-43,46H,2-3,18-19,22-30H2,1,4-14H3/t31?,34?,35?,36-,38-,39-,40?,41?,42?,43?/m0/s1. The average molecular weight is 851 g/mol. The molecule has 1 aromatic carbocycles. The summed E-state index contributed by atoms with van der Waals surface area (Å²) in [6.45, 7) is 34.2. The molecule has 0 aliphatic carbocycles. The number of benzene rings is 1. The van der Waals surface area contributed by atoms with Crippen LogP contribution in [0.3, 0.4) is 0 Å². The lowest BCUT2D eigenvalue weighted by molar-refractivity contribution is -0.0782. The molecule has 0 aromatic heterocycles. The van der Waals surface area contributed by atoms with Crippen LogP contribution in [-0.2, 0) is 37.6 Å². The first kappa shape index (κ1) is 48.5. The van der Waals surface area contributed by atoms with Crippen LogP contribution in [0.5, 0.6) is 0 Å². The maximum Gasteiger partial charge on any atom is 0.192 e. The fraction of sp³-hybridized carbons (Fsp3) is 0.778. The lowest BCUT2D eigenvalue weighted by atomic mass is 9.83. The van der Waals surface area contributed by atoms with Crippen LogP contribution < -0.4 is 0 Å². The first-order chi connectivity index (χ1) is 26.4. The van der Waals surface area contributed by atoms with E-state index < -0.39 is 50.7 Å². The van der Waals surface area contributed by atoms with Crippen molar-refractivity contribution in [2.75, 3.05) is 26.1 Å². The monoisotopic (exact) mass is 850 g/mol. The molecule has 326 valence electrons. The van der Waals surface area contributed by atoms with Crippen molar-refractivity contribution in [2.45, 2.75) is 190 Å². The van der Waals surface area contributed by atoms with Crippen LogP contribution in [0.2, 0.25) is 36.3 Å². The van der Waals surface area contributed by atoms with Crippen molar-refractivity contribution in [1.29, 1.82) is 0 Å². The van der Waals surface area contributed by atoms with E-state index in [9.17, 15) is 13.5 Å². The van der Waals surface area contributed by atoms with E-state index in [1.165, 1.54) is 0 Å². The topological polar surface area (TPSA) is 110 Å². The number of hydrogen-bond donors (Lipinski definition) is 1. The normalized spacial score (nSPS) is 29.9. The minimum absolute atomic E-state index is 0.000157. The number of methoxy groups -OCH3 is 1. The van der Waals surface area contributed by atoms with Gasteiger partial charge in [-0.25, -0.2) is 8.42 Å². The van der Waals surface area contributed by atoms with E-state index in [1.54, 1.807) is 31.4 Å². The molecule has 3 aliphatic rings. The summed E-state index contributed by atoms with van der Waals surface area (Å²) in [7, 11) is -6.35. The predicted molar refractivity (Wildman–Crippen MR) is 235 cm³/mol. The number of hydrogen-bond acceptors (Lipinski definition) is 9. The van der Waals surface area contributed by atoms with Crippen LogP contribution >= 0.6 is 0 Å². The van der Waals surface area contributed by atoms with E-state index in [1.807, 2.05) is 6.07 Å². The SMILES string of the molecule is C=C1C(C)CC(CC[C@@H]2OC(CCCO)CC2=C)OC1CC1OC(C[C@@H](CO[Si](C)(C)C(C)(C)C)O[Si](C)(C)C(C)(C)C)C(OC)[C@H]1CS(=O)(=O)c1ccccc1. The minimum atomic E-state index is -3.68. The summed E-state index contributed by atoms with van der Waals surface area (Å²) in [6.07, 6.45) is 4.12. The van der Waals surface area contributed by atoms with Gasteiger partial charge in [-0.15, -0.1) is 0 Å². The molecule has 3 aliphatic heterocycles. The number of aliphatic hydroxyl groups excluding tert-OH is 1. The smallest absolute Gasteiger partial charge is 0.192 e. The molecule has 57 heavy (non-hydrogen) atoms. The Balaban J connectivity index is 1.59. The van der Waals surface area contributed by atoms with Gasteiger partial charge in [-0.3, -0.25) is 0 Å². The van der Waals surface area contributed by atoms with Crippen LogP contribution in [0.1, 0.15) is 99.8 Å². The van der Waals surface area contributed by atoms with E-state index >= 15 is 0 Å². The van der Waals surface area contributed by atoms with Gasteiger partial charge in [0.1, 0.15) is 0 Å². The highest BCUT2D eigenvalue weighted by atomic mass is 32.2. The van der Waals surface area contributed by atoms with E-state index in [-0.39, 0.29) is 58.9 Å². The van der Waals surface area contributed by atoms with Crippen molar-refractivity contribution in [3.8, 4) is 0 Å². The van der Waals surface area contributed by atoms with E-state index in [0.717, 1.165) is 49.7 Å². The molecule has 0 bridgehead atoms. The number of rotatable bonds is 19. The maximum absolute atomic E-state index is 14.1. The van der Waals surface area contributed by atoms with Crippen LogP contribution in [-0.4, -0.2) is 105 Å². The summed E-state index contributed by atoms with van der Waals surface area (Å²) in [5, 5.41) is 9.32. The third kappa shape index (κ3) is 12.7. The molecule has 9 nitrogen and oxygen atoms in total. The van der Waals surface area contributed by atoms with Crippen molar-refractivity contribution in [2.24, 2.45) is 11.8 Å². The van der Waals surface area contributed by atoms with Crippen molar-refractivity contribution in [3.63, 3.8) is 0 Å². The quantitative estimate of drug-likeness (QED) is 0.108. The van der Waals surface area contributed by atoms with Crippen LogP contribution in [0, 0.1) is 11.8 Å². The second-order valence-electron chi connectivity index (χ2n) is 20.2. The fourth-order valence-electron chi connectivity index (χ4n) is 8.08. The molecule has 4 rings (SSSR count). The van der Waals surface area contributed by atoms with Crippen LogP contribution in [0.25, 0.3) is 0 Å². The van der Waals surface area contributed by atoms with Gasteiger partial charge in [-0.1, -0.05) is 79.8 Å². The summed E-state index contributed by atoms with van der Waals surface area (Å²) >= 11 is 0. The summed E-state index contributed by atoms with van der Waals surface area (Å²) in [6, 6.07) is 8.68. The predicted octanol–water partition coefficient (Wildman–Crippen LogP) is 9.67. The summed E-state index contributed by atoms with van der Waals surface area (Å²) in [4.78, 5) is 0.297. The highest BCUT2D eigenvalue weighted by Gasteiger charge is 2.50. The van der Waals surface area contributed by atoms with Crippen molar-refractivity contribution in [1.82, 2.24) is 0 Å². The van der Waals surface area contributed by atoms with E-state index in [4.69, 9.17) is 27.8 Å². The van der Waals surface area contributed by atoms with Crippen molar-refractivity contribution in [3.05, 3.63) is 54.6 Å². The zero-order valence-electron chi connectivity index (χ0n) is 37.5. The summed E-state index contributed by atoms with van der Waals surface area (Å²) in [5.41, 5.74) is 2.14. The third-order valence-corrected chi connectivity index (χ3v) is 24.7. The molecule has 0 radical (unpaired) electrons. The van der Waals surface area contributed by atoms with Gasteiger partial charge in [0.15, 0.2) is 26.5 Å². The highest BCUT2D eigenvalue weighted by Crippen LogP contribution is 2.44. The Kier molecular flexibility index (Phi) is 16.7. The van der Waals surface area contributed by atoms with Crippen LogP contribution in [0.4, 0.5) is 0 Å². The highest BCUT2D eigenvalue weighted by molar-refractivity contribution is 7.91. The van der Waals surface area contributed by atoms with Gasteiger partial charge < -0.3 is 32.9 Å². The lowest BCUT2D eigenvalue weighted by Gasteiger charge is -2.42. The molecule has 10 atom stereocenters. The van der Waals surface area contributed by atoms with Gasteiger partial charge in [0, 0.05) is 32.5 Å². The minimum Gasteiger partial charge on any atom is -0.414 e. The first-order valence-electron chi connectivity index (χ1n) is 21.4. The third-order valence-electron chi connectivity index (χ3n) is 13.8. The number of sulfone groups is 1. The van der Waals surface area contributed by atoms with Crippen molar-refractivity contribution >= 4 is 26.5 Å². The molecule has 0 spiro atoms. The van der Waals surface area contributed by atoms with Gasteiger partial charge >= 0.3 is 0 Å². The zero-order chi connectivity index (χ0) is 42.6. The van der Waals surface area contributed by atoms with E-state index in [2.05, 4.69) is 87.8 Å². The Morgan fingerprint density at radius 3 is 2.11 bits per heavy atom. The number of ether oxygens (including phenoxy) is 4. The molecule has 12 heteroatoms. The van der Waals surface area contributed by atoms with Gasteiger partial charge in [-0.05, 0) is 104 Å². The molecule has 7 unspecified atom stereocenters. The fourth-order valence-corrected chi connectivity index (χ4v) is 12.1. The summed E-state index contributed by atoms with van der Waals surface area (Å²) in [5.74, 6) is -0.324. The molecular weight excluding hydrogens is 773 g/mol. The van der Waals surface area contributed by atoms with Gasteiger partial charge in [0.2, 0.25) is 0 Å². The van der Waals surface area contributed by atoms with Crippen LogP contribution in [0.15, 0.2) is 59.5 Å². The zero-order valence-corrected chi connectivity index (χ0v) is 40.3. The molecule has 3 fully saturated rings. The average Bonchev–Trinajstić information content (AvgIpc) is 3.63. The summed E-state index contributed by atoms with van der Waals surface area (Å²) < 4.78 is 68.6. The molecular formula is C45H78O9SSi2. The largest absolute Gasteiger partial charge is 0.414 e. The molecule has 3 heterocycles. The Hall–Kier alpha value is -1.20. The van der Waals surface area contributed by atoms with Crippen molar-refractivity contribution < 1.29 is 41.3 Å². The molecule has 1 N–H and O–H groups in total. The molecule has 1 aromatic rings. The lowest BCUT2D eigenvalue weighted by Crippen LogP contribution is -2.49. The van der Waals surface area contributed by atoms with E-state index in [0.29, 0.717) is 24.3 Å². The molecule has 3 saturated heterocycles. The van der Waals surface area contributed by atoms with Gasteiger partial charge in [0.05, 0.1) is 66.1 Å². The van der Waals surface area contributed by atoms with Gasteiger partial charge in [0.25, 0.3) is 0 Å².